The Morgan fingerprint density at radius 1 is 0.846 bits per heavy atom. The van der Waals surface area contributed by atoms with Crippen LogP contribution in [0.2, 0.25) is 10.0 Å². The van der Waals surface area contributed by atoms with Crippen LogP contribution in [0.3, 0.4) is 0 Å². The van der Waals surface area contributed by atoms with E-state index in [0.717, 1.165) is 24.4 Å². The highest BCUT2D eigenvalue weighted by Gasteiger charge is 2.02. The van der Waals surface area contributed by atoms with Crippen LogP contribution in [-0.4, -0.2) is 6.54 Å². The van der Waals surface area contributed by atoms with E-state index in [9.17, 15) is 0 Å². The van der Waals surface area contributed by atoms with E-state index in [1.54, 1.807) is 6.07 Å². The Balaban J connectivity index is 1.69. The van der Waals surface area contributed by atoms with Crippen molar-refractivity contribution in [1.82, 2.24) is 5.32 Å². The van der Waals surface area contributed by atoms with Gasteiger partial charge in [-0.25, -0.2) is 0 Å². The average Bonchev–Trinajstić information content (AvgIpc) is 2.65. The van der Waals surface area contributed by atoms with Crippen molar-refractivity contribution >= 4 is 23.2 Å². The maximum Gasteiger partial charge on any atom is 0.120 e. The summed E-state index contributed by atoms with van der Waals surface area (Å²) < 4.78 is 5.88. The van der Waals surface area contributed by atoms with Gasteiger partial charge in [0.25, 0.3) is 0 Å². The predicted octanol–water partition coefficient (Wildman–Crippen LogP) is 7.02. The number of rotatable bonds is 12. The van der Waals surface area contributed by atoms with Crippen molar-refractivity contribution in [2.45, 2.75) is 58.6 Å². The molecular weight excluding hydrogens is 365 g/mol. The molecule has 26 heavy (non-hydrogen) atoms. The molecule has 0 heterocycles. The minimum absolute atomic E-state index is 0.478. The zero-order chi connectivity index (χ0) is 18.6. The molecule has 142 valence electrons. The lowest BCUT2D eigenvalue weighted by atomic mass is 10.1. The summed E-state index contributed by atoms with van der Waals surface area (Å²) in [5, 5.41) is 4.64. The minimum atomic E-state index is 0.478. The van der Waals surface area contributed by atoms with Gasteiger partial charge < -0.3 is 10.1 Å². The van der Waals surface area contributed by atoms with Gasteiger partial charge in [-0.05, 0) is 48.4 Å². The van der Waals surface area contributed by atoms with Crippen molar-refractivity contribution in [3.8, 4) is 5.75 Å². The molecule has 0 saturated carbocycles. The summed E-state index contributed by atoms with van der Waals surface area (Å²) in [4.78, 5) is 0. The van der Waals surface area contributed by atoms with Gasteiger partial charge in [-0.2, -0.15) is 0 Å². The van der Waals surface area contributed by atoms with Gasteiger partial charge in [0.2, 0.25) is 0 Å². The Hall–Kier alpha value is -1.22. The SMILES string of the molecule is CCCCCCCCNCc1cccc(OCc2ccc(Cl)c(Cl)c2)c1. The van der Waals surface area contributed by atoms with E-state index in [0.29, 0.717) is 16.7 Å². The third-order valence-corrected chi connectivity index (χ3v) is 5.06. The van der Waals surface area contributed by atoms with Gasteiger partial charge in [-0.15, -0.1) is 0 Å². The molecule has 2 aromatic carbocycles. The van der Waals surface area contributed by atoms with Gasteiger partial charge in [-0.1, -0.05) is 80.4 Å². The number of benzene rings is 2. The van der Waals surface area contributed by atoms with Gasteiger partial charge in [0.1, 0.15) is 12.4 Å². The quantitative estimate of drug-likeness (QED) is 0.391. The molecule has 0 fully saturated rings. The van der Waals surface area contributed by atoms with Crippen LogP contribution in [0, 0.1) is 0 Å². The zero-order valence-electron chi connectivity index (χ0n) is 15.6. The lowest BCUT2D eigenvalue weighted by molar-refractivity contribution is 0.306. The Bertz CT molecular complexity index is 660. The van der Waals surface area contributed by atoms with Crippen LogP contribution in [0.25, 0.3) is 0 Å². The fraction of sp³-hybridized carbons (Fsp3) is 0.455. The molecule has 0 aliphatic rings. The van der Waals surface area contributed by atoms with Crippen LogP contribution in [0.4, 0.5) is 0 Å². The molecule has 1 N–H and O–H groups in total. The smallest absolute Gasteiger partial charge is 0.120 e. The summed E-state index contributed by atoms with van der Waals surface area (Å²) in [5.41, 5.74) is 2.24. The summed E-state index contributed by atoms with van der Waals surface area (Å²) in [6.45, 7) is 4.68. The highest BCUT2D eigenvalue weighted by Crippen LogP contribution is 2.23. The molecule has 2 aromatic rings. The van der Waals surface area contributed by atoms with Crippen LogP contribution < -0.4 is 10.1 Å². The lowest BCUT2D eigenvalue weighted by Gasteiger charge is -2.10. The van der Waals surface area contributed by atoms with Crippen LogP contribution in [0.1, 0.15) is 56.6 Å². The number of hydrogen-bond donors (Lipinski definition) is 1. The minimum Gasteiger partial charge on any atom is -0.489 e. The highest BCUT2D eigenvalue weighted by molar-refractivity contribution is 6.42. The lowest BCUT2D eigenvalue weighted by Crippen LogP contribution is -2.14. The standard InChI is InChI=1S/C22H29Cl2NO/c1-2-3-4-5-6-7-13-25-16-18-9-8-10-20(14-18)26-17-19-11-12-21(23)22(24)15-19/h8-12,14-15,25H,2-7,13,16-17H2,1H3. The van der Waals surface area contributed by atoms with Gasteiger partial charge in [0.05, 0.1) is 10.0 Å². The van der Waals surface area contributed by atoms with Crippen molar-refractivity contribution in [3.05, 3.63) is 63.6 Å². The largest absolute Gasteiger partial charge is 0.489 e. The number of nitrogens with one attached hydrogen (secondary N) is 1. The second-order valence-electron chi connectivity index (χ2n) is 6.63. The summed E-state index contributed by atoms with van der Waals surface area (Å²) in [7, 11) is 0. The average molecular weight is 394 g/mol. The van der Waals surface area contributed by atoms with Gasteiger partial charge in [0, 0.05) is 6.54 Å². The van der Waals surface area contributed by atoms with E-state index in [4.69, 9.17) is 27.9 Å². The summed E-state index contributed by atoms with van der Waals surface area (Å²) >= 11 is 12.0. The third-order valence-electron chi connectivity index (χ3n) is 4.32. The Labute approximate surface area is 167 Å². The normalized spacial score (nSPS) is 10.9. The van der Waals surface area contributed by atoms with Gasteiger partial charge in [-0.3, -0.25) is 0 Å². The highest BCUT2D eigenvalue weighted by atomic mass is 35.5. The molecule has 2 rings (SSSR count). The second-order valence-corrected chi connectivity index (χ2v) is 7.44. The first kappa shape index (κ1) is 21.1. The monoisotopic (exact) mass is 393 g/mol. The Morgan fingerprint density at radius 3 is 2.46 bits per heavy atom. The first-order chi connectivity index (χ1) is 12.7. The van der Waals surface area contributed by atoms with Crippen LogP contribution in [-0.2, 0) is 13.2 Å². The predicted molar refractivity (Wildman–Crippen MR) is 112 cm³/mol. The third kappa shape index (κ3) is 7.99. The molecule has 0 saturated heterocycles. The molecule has 4 heteroatoms. The zero-order valence-corrected chi connectivity index (χ0v) is 17.1. The van der Waals surface area contributed by atoms with Gasteiger partial charge in [0.15, 0.2) is 0 Å². The molecule has 0 unspecified atom stereocenters. The molecule has 0 amide bonds. The molecule has 0 spiro atoms. The van der Waals surface area contributed by atoms with Crippen molar-refractivity contribution in [1.29, 1.82) is 0 Å². The van der Waals surface area contributed by atoms with E-state index in [2.05, 4.69) is 24.4 Å². The molecular formula is C22H29Cl2NO. The molecule has 0 aliphatic heterocycles. The molecule has 2 nitrogen and oxygen atoms in total. The van der Waals surface area contributed by atoms with Crippen LogP contribution in [0.15, 0.2) is 42.5 Å². The Morgan fingerprint density at radius 2 is 1.65 bits per heavy atom. The van der Waals surface area contributed by atoms with Crippen molar-refractivity contribution in [3.63, 3.8) is 0 Å². The molecule has 0 aliphatic carbocycles. The van der Waals surface area contributed by atoms with E-state index < -0.39 is 0 Å². The number of hydrogen-bond acceptors (Lipinski definition) is 2. The maximum absolute atomic E-state index is 6.04. The van der Waals surface area contributed by atoms with Crippen molar-refractivity contribution < 1.29 is 4.74 Å². The summed E-state index contributed by atoms with van der Waals surface area (Å²) in [6.07, 6.45) is 7.96. The first-order valence-electron chi connectivity index (χ1n) is 9.55. The van der Waals surface area contributed by atoms with E-state index in [1.807, 2.05) is 24.3 Å². The van der Waals surface area contributed by atoms with E-state index >= 15 is 0 Å². The molecule has 0 atom stereocenters. The van der Waals surface area contributed by atoms with E-state index in [-0.39, 0.29) is 0 Å². The van der Waals surface area contributed by atoms with Crippen molar-refractivity contribution in [2.75, 3.05) is 6.54 Å². The van der Waals surface area contributed by atoms with Crippen molar-refractivity contribution in [2.24, 2.45) is 0 Å². The molecule has 0 radical (unpaired) electrons. The Kier molecular flexibility index (Phi) is 9.91. The van der Waals surface area contributed by atoms with Gasteiger partial charge >= 0.3 is 0 Å². The molecule has 0 aromatic heterocycles. The topological polar surface area (TPSA) is 21.3 Å². The second kappa shape index (κ2) is 12.2. The summed E-state index contributed by atoms with van der Waals surface area (Å²) in [5.74, 6) is 0.870. The first-order valence-corrected chi connectivity index (χ1v) is 10.3. The van der Waals surface area contributed by atoms with Crippen LogP contribution >= 0.6 is 23.2 Å². The van der Waals surface area contributed by atoms with E-state index in [1.165, 1.54) is 44.1 Å². The number of ether oxygens (including phenoxy) is 1. The fourth-order valence-electron chi connectivity index (χ4n) is 2.80. The van der Waals surface area contributed by atoms with Crippen LogP contribution in [0.5, 0.6) is 5.75 Å². The fourth-order valence-corrected chi connectivity index (χ4v) is 3.13. The summed E-state index contributed by atoms with van der Waals surface area (Å²) in [6, 6.07) is 13.8. The molecule has 0 bridgehead atoms. The number of unbranched alkanes of at least 4 members (excludes halogenated alkanes) is 5. The number of halogens is 2. The maximum atomic E-state index is 6.04.